The van der Waals surface area contributed by atoms with Gasteiger partial charge in [0.05, 0.1) is 0 Å². The van der Waals surface area contributed by atoms with Crippen molar-refractivity contribution in [1.29, 1.82) is 0 Å². The Morgan fingerprint density at radius 3 is 2.39 bits per heavy atom. The number of ketones is 1. The number of H-pyrrole nitrogens is 1. The van der Waals surface area contributed by atoms with Gasteiger partial charge in [-0.25, -0.2) is 9.67 Å². The molecule has 0 aliphatic heterocycles. The van der Waals surface area contributed by atoms with E-state index in [1.54, 1.807) is 0 Å². The SMILES string of the molecule is C=CCCn1nc(C(=O)Cc2ccccc2)nc1Cc1ccc(-c2ccccc2-c2nn[nH]n2)cc1. The van der Waals surface area contributed by atoms with Crippen LogP contribution in [0.3, 0.4) is 0 Å². The molecule has 5 aromatic rings. The topological polar surface area (TPSA) is 102 Å². The normalized spacial score (nSPS) is 10.9. The van der Waals surface area contributed by atoms with Crippen LogP contribution in [0.1, 0.15) is 34.0 Å². The third-order valence-corrected chi connectivity index (χ3v) is 5.89. The van der Waals surface area contributed by atoms with Crippen molar-refractivity contribution in [3.8, 4) is 22.5 Å². The number of carbonyl (C=O) groups is 1. The van der Waals surface area contributed by atoms with Crippen LogP contribution < -0.4 is 0 Å². The highest BCUT2D eigenvalue weighted by Crippen LogP contribution is 2.30. The molecule has 0 fully saturated rings. The molecular formula is C28H25N7O. The van der Waals surface area contributed by atoms with Crippen molar-refractivity contribution in [2.24, 2.45) is 0 Å². The van der Waals surface area contributed by atoms with E-state index >= 15 is 0 Å². The fourth-order valence-electron chi connectivity index (χ4n) is 4.07. The van der Waals surface area contributed by atoms with E-state index in [1.165, 1.54) is 0 Å². The molecule has 3 aromatic carbocycles. The number of aryl methyl sites for hydroxylation is 1. The Morgan fingerprint density at radius 1 is 0.917 bits per heavy atom. The molecule has 0 spiro atoms. The fraction of sp³-hybridized carbons (Fsp3) is 0.143. The zero-order valence-corrected chi connectivity index (χ0v) is 19.7. The molecule has 5 rings (SSSR count). The molecule has 0 amide bonds. The summed E-state index contributed by atoms with van der Waals surface area (Å²) in [6.45, 7) is 4.43. The van der Waals surface area contributed by atoms with Crippen molar-refractivity contribution in [2.75, 3.05) is 0 Å². The van der Waals surface area contributed by atoms with Crippen LogP contribution in [0, 0.1) is 0 Å². The minimum atomic E-state index is -0.0896. The highest BCUT2D eigenvalue weighted by Gasteiger charge is 2.17. The van der Waals surface area contributed by atoms with Crippen molar-refractivity contribution in [2.45, 2.75) is 25.8 Å². The van der Waals surface area contributed by atoms with Crippen LogP contribution in [0.5, 0.6) is 0 Å². The van der Waals surface area contributed by atoms with Crippen molar-refractivity contribution >= 4 is 5.78 Å². The predicted molar refractivity (Wildman–Crippen MR) is 137 cm³/mol. The molecular weight excluding hydrogens is 450 g/mol. The first-order chi connectivity index (χ1) is 17.7. The molecule has 0 bridgehead atoms. The summed E-state index contributed by atoms with van der Waals surface area (Å²) in [4.78, 5) is 17.5. The number of aromatic nitrogens is 7. The average Bonchev–Trinajstić information content (AvgIpc) is 3.59. The van der Waals surface area contributed by atoms with Gasteiger partial charge in [-0.15, -0.1) is 21.9 Å². The zero-order chi connectivity index (χ0) is 24.7. The molecule has 0 saturated heterocycles. The lowest BCUT2D eigenvalue weighted by Gasteiger charge is -2.08. The Morgan fingerprint density at radius 2 is 1.67 bits per heavy atom. The van der Waals surface area contributed by atoms with Gasteiger partial charge in [-0.05, 0) is 33.9 Å². The third kappa shape index (κ3) is 5.17. The second-order valence-corrected chi connectivity index (χ2v) is 8.39. The second kappa shape index (κ2) is 10.7. The molecule has 0 aliphatic rings. The smallest absolute Gasteiger partial charge is 0.217 e. The molecule has 2 aromatic heterocycles. The number of hydrogen-bond donors (Lipinski definition) is 1. The zero-order valence-electron chi connectivity index (χ0n) is 19.7. The number of tetrazole rings is 1. The fourth-order valence-corrected chi connectivity index (χ4v) is 4.07. The van der Waals surface area contributed by atoms with Gasteiger partial charge >= 0.3 is 0 Å². The van der Waals surface area contributed by atoms with Gasteiger partial charge in [-0.1, -0.05) is 84.9 Å². The van der Waals surface area contributed by atoms with Gasteiger partial charge in [0, 0.05) is 24.9 Å². The molecule has 36 heavy (non-hydrogen) atoms. The summed E-state index contributed by atoms with van der Waals surface area (Å²) in [6.07, 6.45) is 3.43. The van der Waals surface area contributed by atoms with Crippen LogP contribution in [0.2, 0.25) is 0 Å². The summed E-state index contributed by atoms with van der Waals surface area (Å²) in [6, 6.07) is 25.9. The molecule has 0 atom stereocenters. The molecule has 0 unspecified atom stereocenters. The van der Waals surface area contributed by atoms with E-state index in [2.05, 4.69) is 61.6 Å². The Balaban J connectivity index is 1.37. The van der Waals surface area contributed by atoms with Crippen LogP contribution in [-0.4, -0.2) is 41.2 Å². The molecule has 0 radical (unpaired) electrons. The maximum Gasteiger partial charge on any atom is 0.217 e. The maximum absolute atomic E-state index is 12.9. The highest BCUT2D eigenvalue weighted by molar-refractivity contribution is 5.94. The van der Waals surface area contributed by atoms with Crippen LogP contribution in [-0.2, 0) is 19.4 Å². The van der Waals surface area contributed by atoms with Gasteiger partial charge in [0.15, 0.2) is 0 Å². The lowest BCUT2D eigenvalue weighted by molar-refractivity contribution is 0.0982. The van der Waals surface area contributed by atoms with Gasteiger partial charge in [-0.2, -0.15) is 5.21 Å². The molecule has 8 nitrogen and oxygen atoms in total. The van der Waals surface area contributed by atoms with Crippen LogP contribution in [0.25, 0.3) is 22.5 Å². The van der Waals surface area contributed by atoms with E-state index in [0.29, 0.717) is 18.8 Å². The monoisotopic (exact) mass is 475 g/mol. The van der Waals surface area contributed by atoms with Crippen molar-refractivity contribution in [1.82, 2.24) is 35.4 Å². The number of rotatable bonds is 10. The lowest BCUT2D eigenvalue weighted by Crippen LogP contribution is -2.08. The van der Waals surface area contributed by atoms with Crippen LogP contribution >= 0.6 is 0 Å². The summed E-state index contributed by atoms with van der Waals surface area (Å²) in [5.41, 5.74) is 5.00. The van der Waals surface area contributed by atoms with E-state index in [4.69, 9.17) is 0 Å². The highest BCUT2D eigenvalue weighted by atomic mass is 16.1. The molecule has 0 saturated carbocycles. The number of benzene rings is 3. The molecule has 8 heteroatoms. The molecule has 1 N–H and O–H groups in total. The number of allylic oxidation sites excluding steroid dienone is 1. The van der Waals surface area contributed by atoms with Gasteiger partial charge in [0.1, 0.15) is 5.82 Å². The molecule has 2 heterocycles. The first kappa shape index (κ1) is 23.0. The number of aromatic amines is 1. The van der Waals surface area contributed by atoms with E-state index < -0.39 is 0 Å². The van der Waals surface area contributed by atoms with Gasteiger partial charge < -0.3 is 0 Å². The van der Waals surface area contributed by atoms with Crippen LogP contribution in [0.15, 0.2) is 91.5 Å². The average molecular weight is 476 g/mol. The largest absolute Gasteiger partial charge is 0.290 e. The van der Waals surface area contributed by atoms with Gasteiger partial charge in [0.25, 0.3) is 0 Å². The number of carbonyl (C=O) groups excluding carboxylic acids is 1. The predicted octanol–water partition coefficient (Wildman–Crippen LogP) is 4.72. The summed E-state index contributed by atoms with van der Waals surface area (Å²) in [5, 5.41) is 19.0. The van der Waals surface area contributed by atoms with Crippen molar-refractivity contribution in [3.05, 3.63) is 114 Å². The lowest BCUT2D eigenvalue weighted by atomic mass is 9.98. The quantitative estimate of drug-likeness (QED) is 0.232. The minimum absolute atomic E-state index is 0.0896. The maximum atomic E-state index is 12.9. The summed E-state index contributed by atoms with van der Waals surface area (Å²) < 4.78 is 1.82. The summed E-state index contributed by atoms with van der Waals surface area (Å²) in [7, 11) is 0. The van der Waals surface area contributed by atoms with Crippen molar-refractivity contribution in [3.63, 3.8) is 0 Å². The van der Waals surface area contributed by atoms with Crippen LogP contribution in [0.4, 0.5) is 0 Å². The Kier molecular flexibility index (Phi) is 6.84. The standard InChI is InChI=1S/C28H25N7O/c1-2-3-17-35-26(29-28(32-35)25(36)18-20-9-5-4-6-10-20)19-21-13-15-22(16-14-21)23-11-7-8-12-24(23)27-30-33-34-31-27/h2,4-16H,1,3,17-19H2,(H,30,31,33,34). The van der Waals surface area contributed by atoms with E-state index in [-0.39, 0.29) is 18.0 Å². The second-order valence-electron chi connectivity index (χ2n) is 8.39. The van der Waals surface area contributed by atoms with Gasteiger partial charge in [-0.3, -0.25) is 4.79 Å². The number of nitrogens with zero attached hydrogens (tertiary/aromatic N) is 6. The first-order valence-electron chi connectivity index (χ1n) is 11.7. The summed E-state index contributed by atoms with van der Waals surface area (Å²) >= 11 is 0. The summed E-state index contributed by atoms with van der Waals surface area (Å²) in [5.74, 6) is 1.47. The first-order valence-corrected chi connectivity index (χ1v) is 11.7. The van der Waals surface area contributed by atoms with E-state index in [0.717, 1.165) is 40.1 Å². The number of hydrogen-bond acceptors (Lipinski definition) is 6. The van der Waals surface area contributed by atoms with E-state index in [9.17, 15) is 4.79 Å². The van der Waals surface area contributed by atoms with Crippen molar-refractivity contribution < 1.29 is 4.79 Å². The Hall–Kier alpha value is -4.72. The Labute approximate surface area is 208 Å². The Bertz CT molecular complexity index is 1460. The number of nitrogens with one attached hydrogen (secondary N) is 1. The molecule has 0 aliphatic carbocycles. The van der Waals surface area contributed by atoms with Gasteiger partial charge in [0.2, 0.25) is 17.4 Å². The third-order valence-electron chi connectivity index (χ3n) is 5.89. The van der Waals surface area contributed by atoms with E-state index in [1.807, 2.05) is 65.4 Å². The molecule has 178 valence electrons. The number of Topliss-reactive ketones (excluding diaryl/α,β-unsaturated/α-hetero) is 1. The minimum Gasteiger partial charge on any atom is -0.290 e.